The van der Waals surface area contributed by atoms with Crippen LogP contribution in [0.25, 0.3) is 0 Å². The molecule has 0 aromatic heterocycles. The third kappa shape index (κ3) is 2.40. The van der Waals surface area contributed by atoms with Crippen molar-refractivity contribution in [2.75, 3.05) is 0 Å². The summed E-state index contributed by atoms with van der Waals surface area (Å²) in [6.07, 6.45) is 0.114. The smallest absolute Gasteiger partial charge is 0.322 e. The van der Waals surface area contributed by atoms with Gasteiger partial charge < -0.3 is 5.11 Å². The fraction of sp³-hybridized carbons (Fsp3) is 0.385. The largest absolute Gasteiger partial charge is 0.480 e. The van der Waals surface area contributed by atoms with Gasteiger partial charge in [0.2, 0.25) is 10.0 Å². The molecule has 1 unspecified atom stereocenters. The second kappa shape index (κ2) is 5.23. The number of carbonyl (C=O) groups is 1. The molecule has 1 aromatic carbocycles. The van der Waals surface area contributed by atoms with Crippen molar-refractivity contribution in [2.24, 2.45) is 0 Å². The number of hydrogen-bond acceptors (Lipinski definition) is 4. The first-order chi connectivity index (χ1) is 9.37. The van der Waals surface area contributed by atoms with E-state index in [0.29, 0.717) is 0 Å². The predicted molar refractivity (Wildman–Crippen MR) is 71.1 cm³/mol. The van der Waals surface area contributed by atoms with Crippen LogP contribution in [0.2, 0.25) is 0 Å². The average molecular weight is 294 g/mol. The lowest BCUT2D eigenvalue weighted by molar-refractivity contribution is -0.141. The van der Waals surface area contributed by atoms with Gasteiger partial charge in [0.25, 0.3) is 0 Å². The summed E-state index contributed by atoms with van der Waals surface area (Å²) in [6, 6.07) is 7.64. The van der Waals surface area contributed by atoms with Gasteiger partial charge in [-0.15, -0.1) is 0 Å². The van der Waals surface area contributed by atoms with Crippen LogP contribution in [0.1, 0.15) is 18.1 Å². The van der Waals surface area contributed by atoms with E-state index < -0.39 is 27.3 Å². The Morgan fingerprint density at radius 1 is 1.45 bits per heavy atom. The van der Waals surface area contributed by atoms with Gasteiger partial charge in [0.15, 0.2) is 5.25 Å². The maximum atomic E-state index is 12.3. The molecule has 1 N–H and O–H groups in total. The molecule has 2 atom stereocenters. The molecule has 7 heteroatoms. The quantitative estimate of drug-likeness (QED) is 0.886. The van der Waals surface area contributed by atoms with E-state index in [2.05, 4.69) is 0 Å². The Hall–Kier alpha value is -1.91. The van der Waals surface area contributed by atoms with Crippen LogP contribution in [0.3, 0.4) is 0 Å². The summed E-state index contributed by atoms with van der Waals surface area (Å²) < 4.78 is 25.5. The van der Waals surface area contributed by atoms with Crippen LogP contribution in [-0.4, -0.2) is 35.1 Å². The molecule has 0 saturated carbocycles. The first-order valence-corrected chi connectivity index (χ1v) is 7.58. The molecule has 0 aliphatic carbocycles. The fourth-order valence-electron chi connectivity index (χ4n) is 2.25. The molecular formula is C13H14N2O4S. The summed E-state index contributed by atoms with van der Waals surface area (Å²) in [5.41, 5.74) is 1.61. The lowest BCUT2D eigenvalue weighted by atomic mass is 9.96. The van der Waals surface area contributed by atoms with Crippen LogP contribution in [0.4, 0.5) is 0 Å². The zero-order valence-electron chi connectivity index (χ0n) is 10.9. The van der Waals surface area contributed by atoms with Gasteiger partial charge >= 0.3 is 5.97 Å². The van der Waals surface area contributed by atoms with Crippen LogP contribution in [-0.2, 0) is 27.8 Å². The molecule has 6 nitrogen and oxygen atoms in total. The van der Waals surface area contributed by atoms with Gasteiger partial charge in [0.05, 0.1) is 6.07 Å². The number of nitriles is 1. The third-order valence-corrected chi connectivity index (χ3v) is 5.48. The number of carboxylic acid groups (broad SMARTS) is 1. The van der Waals surface area contributed by atoms with Gasteiger partial charge in [-0.1, -0.05) is 24.3 Å². The molecule has 0 bridgehead atoms. The molecule has 20 heavy (non-hydrogen) atoms. The van der Waals surface area contributed by atoms with Crippen LogP contribution in [0.15, 0.2) is 24.3 Å². The highest BCUT2D eigenvalue weighted by Gasteiger charge is 2.41. The van der Waals surface area contributed by atoms with E-state index in [1.165, 1.54) is 6.92 Å². The third-order valence-electron chi connectivity index (χ3n) is 3.45. The van der Waals surface area contributed by atoms with Crippen molar-refractivity contribution in [1.29, 1.82) is 5.26 Å². The highest BCUT2D eigenvalue weighted by atomic mass is 32.2. The van der Waals surface area contributed by atoms with Crippen molar-refractivity contribution in [3.05, 3.63) is 35.4 Å². The average Bonchev–Trinajstić information content (AvgIpc) is 2.44. The zero-order valence-corrected chi connectivity index (χ0v) is 11.7. The molecule has 0 fully saturated rings. The first-order valence-electron chi connectivity index (χ1n) is 6.07. The van der Waals surface area contributed by atoms with E-state index in [4.69, 9.17) is 5.26 Å². The predicted octanol–water partition coefficient (Wildman–Crippen LogP) is 0.740. The summed E-state index contributed by atoms with van der Waals surface area (Å²) in [5, 5.41) is 16.8. The van der Waals surface area contributed by atoms with Crippen LogP contribution >= 0.6 is 0 Å². The molecule has 1 aliphatic rings. The number of sulfonamides is 1. The second-order valence-corrected chi connectivity index (χ2v) is 6.89. The van der Waals surface area contributed by atoms with E-state index in [-0.39, 0.29) is 13.0 Å². The topological polar surface area (TPSA) is 98.5 Å². The lowest BCUT2D eigenvalue weighted by Gasteiger charge is -2.34. The summed E-state index contributed by atoms with van der Waals surface area (Å²) in [4.78, 5) is 11.3. The monoisotopic (exact) mass is 294 g/mol. The van der Waals surface area contributed by atoms with Crippen LogP contribution < -0.4 is 0 Å². The van der Waals surface area contributed by atoms with E-state index in [1.54, 1.807) is 30.3 Å². The second-order valence-electron chi connectivity index (χ2n) is 4.69. The van der Waals surface area contributed by atoms with Crippen molar-refractivity contribution in [3.8, 4) is 6.07 Å². The number of nitrogens with zero attached hydrogens (tertiary/aromatic N) is 2. The van der Waals surface area contributed by atoms with Crippen molar-refractivity contribution >= 4 is 16.0 Å². The number of carboxylic acids is 1. The Morgan fingerprint density at radius 3 is 2.60 bits per heavy atom. The molecule has 0 radical (unpaired) electrons. The minimum Gasteiger partial charge on any atom is -0.480 e. The van der Waals surface area contributed by atoms with Crippen molar-refractivity contribution in [1.82, 2.24) is 4.31 Å². The number of aliphatic carboxylic acids is 1. The molecule has 1 aromatic rings. The standard InChI is InChI=1S/C13H14N2O4S/c1-9(7-14)20(18,19)15-8-11-5-3-2-4-10(11)6-12(15)13(16)17/h2-5,9,12H,6,8H2,1H3,(H,16,17)/t9?,12-/m1/s1. The van der Waals surface area contributed by atoms with Gasteiger partial charge in [-0.05, 0) is 18.1 Å². The van der Waals surface area contributed by atoms with Crippen molar-refractivity contribution in [3.63, 3.8) is 0 Å². The molecule has 0 amide bonds. The first kappa shape index (κ1) is 14.5. The molecule has 0 spiro atoms. The fourth-order valence-corrected chi connectivity index (χ4v) is 3.62. The summed E-state index contributed by atoms with van der Waals surface area (Å²) in [7, 11) is -3.96. The Balaban J connectivity index is 2.47. The summed E-state index contributed by atoms with van der Waals surface area (Å²) in [5.74, 6) is -1.20. The SMILES string of the molecule is CC(C#N)S(=O)(=O)N1Cc2ccccc2C[C@@H]1C(=O)O. The van der Waals surface area contributed by atoms with Gasteiger partial charge in [0, 0.05) is 13.0 Å². The minimum atomic E-state index is -3.96. The van der Waals surface area contributed by atoms with E-state index in [9.17, 15) is 18.3 Å². The van der Waals surface area contributed by atoms with Crippen LogP contribution in [0.5, 0.6) is 0 Å². The molecule has 1 aliphatic heterocycles. The van der Waals surface area contributed by atoms with E-state index in [0.717, 1.165) is 15.4 Å². The molecule has 1 heterocycles. The molecule has 0 saturated heterocycles. The number of hydrogen-bond donors (Lipinski definition) is 1. The Kier molecular flexibility index (Phi) is 3.79. The number of benzene rings is 1. The molecule has 2 rings (SSSR count). The number of rotatable bonds is 3. The molecular weight excluding hydrogens is 280 g/mol. The van der Waals surface area contributed by atoms with Crippen molar-refractivity contribution < 1.29 is 18.3 Å². The highest BCUT2D eigenvalue weighted by molar-refractivity contribution is 7.90. The van der Waals surface area contributed by atoms with E-state index >= 15 is 0 Å². The van der Waals surface area contributed by atoms with E-state index in [1.807, 2.05) is 0 Å². The maximum absolute atomic E-state index is 12.3. The summed E-state index contributed by atoms with van der Waals surface area (Å²) >= 11 is 0. The van der Waals surface area contributed by atoms with Crippen molar-refractivity contribution in [2.45, 2.75) is 31.2 Å². The van der Waals surface area contributed by atoms with Crippen LogP contribution in [0, 0.1) is 11.3 Å². The maximum Gasteiger partial charge on any atom is 0.322 e. The minimum absolute atomic E-state index is 0.0124. The summed E-state index contributed by atoms with van der Waals surface area (Å²) in [6.45, 7) is 1.25. The Bertz CT molecular complexity index is 678. The highest BCUT2D eigenvalue weighted by Crippen LogP contribution is 2.27. The number of fused-ring (bicyclic) bond motifs is 1. The Labute approximate surface area is 117 Å². The zero-order chi connectivity index (χ0) is 14.9. The lowest BCUT2D eigenvalue weighted by Crippen LogP contribution is -2.50. The van der Waals surface area contributed by atoms with Gasteiger partial charge in [0.1, 0.15) is 6.04 Å². The van der Waals surface area contributed by atoms with Gasteiger partial charge in [-0.3, -0.25) is 4.79 Å². The normalized spacial score (nSPS) is 20.7. The Morgan fingerprint density at radius 2 is 2.05 bits per heavy atom. The molecule has 106 valence electrons. The van der Waals surface area contributed by atoms with Gasteiger partial charge in [-0.25, -0.2) is 8.42 Å². The van der Waals surface area contributed by atoms with Gasteiger partial charge in [-0.2, -0.15) is 9.57 Å².